The van der Waals surface area contributed by atoms with E-state index in [4.69, 9.17) is 14.9 Å². The van der Waals surface area contributed by atoms with Crippen LogP contribution < -0.4 is 5.32 Å². The molecule has 6 nitrogen and oxygen atoms in total. The molecule has 1 rings (SSSR count). The number of nitrogens with one attached hydrogen (secondary N) is 1. The van der Waals surface area contributed by atoms with Crippen LogP contribution in [0, 0.1) is 0 Å². The summed E-state index contributed by atoms with van der Waals surface area (Å²) in [6, 6.07) is 0. The van der Waals surface area contributed by atoms with Crippen molar-refractivity contribution in [2.45, 2.75) is 25.0 Å². The summed E-state index contributed by atoms with van der Waals surface area (Å²) in [4.78, 5) is 21.4. The first-order chi connectivity index (χ1) is 6.61. The number of carboxylic acid groups (broad SMARTS) is 1. The van der Waals surface area contributed by atoms with Gasteiger partial charge in [-0.05, 0) is 12.8 Å². The minimum Gasteiger partial charge on any atom is -0.479 e. The summed E-state index contributed by atoms with van der Waals surface area (Å²) in [5, 5.41) is 19.5. The molecule has 14 heavy (non-hydrogen) atoms. The van der Waals surface area contributed by atoms with Crippen LogP contribution in [-0.2, 0) is 14.3 Å². The zero-order chi connectivity index (χ0) is 10.6. The van der Waals surface area contributed by atoms with Gasteiger partial charge in [-0.1, -0.05) is 0 Å². The molecule has 6 heteroatoms. The molecule has 1 aliphatic rings. The summed E-state index contributed by atoms with van der Waals surface area (Å²) in [5.41, 5.74) is 0. The topological polar surface area (TPSA) is 95.9 Å². The largest absolute Gasteiger partial charge is 0.479 e. The van der Waals surface area contributed by atoms with Gasteiger partial charge in [-0.15, -0.1) is 0 Å². The highest BCUT2D eigenvalue weighted by atomic mass is 16.5. The average Bonchev–Trinajstić information content (AvgIpc) is 2.66. The summed E-state index contributed by atoms with van der Waals surface area (Å²) in [6.07, 6.45) is -0.564. The van der Waals surface area contributed by atoms with Crippen LogP contribution in [0.3, 0.4) is 0 Å². The van der Waals surface area contributed by atoms with E-state index < -0.39 is 18.2 Å². The number of aliphatic hydroxyl groups excluding tert-OH is 1. The summed E-state index contributed by atoms with van der Waals surface area (Å²) >= 11 is 0. The summed E-state index contributed by atoms with van der Waals surface area (Å²) in [5.74, 6) is -1.71. The maximum atomic E-state index is 11.2. The molecule has 0 aromatic heterocycles. The van der Waals surface area contributed by atoms with Crippen molar-refractivity contribution in [1.29, 1.82) is 0 Å². The van der Waals surface area contributed by atoms with Crippen LogP contribution in [0.5, 0.6) is 0 Å². The van der Waals surface area contributed by atoms with Gasteiger partial charge >= 0.3 is 5.97 Å². The van der Waals surface area contributed by atoms with Crippen molar-refractivity contribution in [2.75, 3.05) is 13.2 Å². The molecule has 0 aliphatic carbocycles. The van der Waals surface area contributed by atoms with Gasteiger partial charge in [-0.25, -0.2) is 4.79 Å². The van der Waals surface area contributed by atoms with Crippen LogP contribution in [0.2, 0.25) is 0 Å². The molecule has 1 saturated heterocycles. The standard InChI is InChI=1S/C8H13NO5/c10-5(8(12)13)4-9-7(11)6-2-1-3-14-6/h5-6,10H,1-4H2,(H,9,11)(H,12,13)/t5-,6?/m0/s1. The fraction of sp³-hybridized carbons (Fsp3) is 0.750. The molecule has 1 fully saturated rings. The highest BCUT2D eigenvalue weighted by Crippen LogP contribution is 2.11. The second kappa shape index (κ2) is 4.92. The van der Waals surface area contributed by atoms with Crippen LogP contribution in [0.15, 0.2) is 0 Å². The first-order valence-corrected chi connectivity index (χ1v) is 4.41. The molecule has 0 saturated carbocycles. The number of aliphatic hydroxyl groups is 1. The number of carbonyl (C=O) groups is 2. The van der Waals surface area contributed by atoms with Crippen LogP contribution in [-0.4, -0.2) is 47.4 Å². The predicted molar refractivity (Wildman–Crippen MR) is 45.6 cm³/mol. The van der Waals surface area contributed by atoms with Crippen LogP contribution in [0.1, 0.15) is 12.8 Å². The first kappa shape index (κ1) is 10.9. The van der Waals surface area contributed by atoms with E-state index in [1.54, 1.807) is 0 Å². The molecule has 0 bridgehead atoms. The lowest BCUT2D eigenvalue weighted by Gasteiger charge is -2.11. The van der Waals surface area contributed by atoms with Crippen molar-refractivity contribution in [3.63, 3.8) is 0 Å². The van der Waals surface area contributed by atoms with E-state index in [2.05, 4.69) is 5.32 Å². The third-order valence-electron chi connectivity index (χ3n) is 1.98. The van der Waals surface area contributed by atoms with Crippen molar-refractivity contribution < 1.29 is 24.5 Å². The number of hydrogen-bond donors (Lipinski definition) is 3. The number of hydrogen-bond acceptors (Lipinski definition) is 4. The molecule has 0 aromatic carbocycles. The Morgan fingerprint density at radius 3 is 2.79 bits per heavy atom. The summed E-state index contributed by atoms with van der Waals surface area (Å²) < 4.78 is 5.07. The van der Waals surface area contributed by atoms with Crippen molar-refractivity contribution in [3.05, 3.63) is 0 Å². The van der Waals surface area contributed by atoms with Gasteiger partial charge in [0.15, 0.2) is 6.10 Å². The van der Waals surface area contributed by atoms with Crippen LogP contribution in [0.4, 0.5) is 0 Å². The maximum Gasteiger partial charge on any atom is 0.334 e. The first-order valence-electron chi connectivity index (χ1n) is 4.41. The van der Waals surface area contributed by atoms with Gasteiger partial charge in [-0.2, -0.15) is 0 Å². The Kier molecular flexibility index (Phi) is 3.84. The Hall–Kier alpha value is -1.14. The maximum absolute atomic E-state index is 11.2. The van der Waals surface area contributed by atoms with Gasteiger partial charge in [0, 0.05) is 6.61 Å². The lowest BCUT2D eigenvalue weighted by atomic mass is 10.2. The number of ether oxygens (including phenoxy) is 1. The molecular weight excluding hydrogens is 190 g/mol. The fourth-order valence-electron chi connectivity index (χ4n) is 1.18. The molecule has 3 N–H and O–H groups in total. The van der Waals surface area contributed by atoms with Gasteiger partial charge in [0.25, 0.3) is 0 Å². The molecule has 1 unspecified atom stereocenters. The van der Waals surface area contributed by atoms with Crippen molar-refractivity contribution >= 4 is 11.9 Å². The molecule has 0 radical (unpaired) electrons. The average molecular weight is 203 g/mol. The summed E-state index contributed by atoms with van der Waals surface area (Å²) in [7, 11) is 0. The molecule has 1 heterocycles. The zero-order valence-electron chi connectivity index (χ0n) is 7.60. The zero-order valence-corrected chi connectivity index (χ0v) is 7.60. The van der Waals surface area contributed by atoms with E-state index in [1.165, 1.54) is 0 Å². The fourth-order valence-corrected chi connectivity index (χ4v) is 1.18. The summed E-state index contributed by atoms with van der Waals surface area (Å²) in [6.45, 7) is 0.271. The van der Waals surface area contributed by atoms with Gasteiger partial charge in [0.2, 0.25) is 5.91 Å². The van der Waals surface area contributed by atoms with Crippen LogP contribution in [0.25, 0.3) is 0 Å². The van der Waals surface area contributed by atoms with Crippen molar-refractivity contribution in [1.82, 2.24) is 5.32 Å². The quantitative estimate of drug-likeness (QED) is 0.529. The van der Waals surface area contributed by atoms with Gasteiger partial charge in [-0.3, -0.25) is 4.79 Å². The SMILES string of the molecule is O=C(NC[C@H](O)C(=O)O)C1CCCO1. The van der Waals surface area contributed by atoms with Gasteiger partial charge < -0.3 is 20.3 Å². The van der Waals surface area contributed by atoms with Gasteiger partial charge in [0.1, 0.15) is 6.10 Å². The molecule has 1 aliphatic heterocycles. The number of aliphatic carboxylic acids is 1. The number of carboxylic acids is 1. The number of carbonyl (C=O) groups excluding carboxylic acids is 1. The van der Waals surface area contributed by atoms with Crippen molar-refractivity contribution in [3.8, 4) is 0 Å². The third-order valence-corrected chi connectivity index (χ3v) is 1.98. The smallest absolute Gasteiger partial charge is 0.334 e. The highest BCUT2D eigenvalue weighted by molar-refractivity contribution is 5.82. The van der Waals surface area contributed by atoms with E-state index in [0.29, 0.717) is 13.0 Å². The number of amides is 1. The Bertz CT molecular complexity index is 224. The second-order valence-electron chi connectivity index (χ2n) is 3.10. The van der Waals surface area contributed by atoms with E-state index in [-0.39, 0.29) is 12.5 Å². The lowest BCUT2D eigenvalue weighted by Crippen LogP contribution is -2.41. The minimum atomic E-state index is -1.56. The normalized spacial score (nSPS) is 23.1. The molecule has 0 aromatic rings. The van der Waals surface area contributed by atoms with Gasteiger partial charge in [0.05, 0.1) is 6.54 Å². The highest BCUT2D eigenvalue weighted by Gasteiger charge is 2.24. The van der Waals surface area contributed by atoms with Crippen molar-refractivity contribution in [2.24, 2.45) is 0 Å². The molecule has 0 spiro atoms. The third kappa shape index (κ3) is 2.97. The molecular formula is C8H13NO5. The van der Waals surface area contributed by atoms with E-state index in [0.717, 1.165) is 6.42 Å². The monoisotopic (exact) mass is 203 g/mol. The number of rotatable bonds is 4. The Balaban J connectivity index is 2.23. The predicted octanol–water partition coefficient (Wildman–Crippen LogP) is -1.27. The lowest BCUT2D eigenvalue weighted by molar-refractivity contribution is -0.146. The van der Waals surface area contributed by atoms with E-state index in [9.17, 15) is 9.59 Å². The van der Waals surface area contributed by atoms with Crippen LogP contribution >= 0.6 is 0 Å². The Morgan fingerprint density at radius 2 is 2.29 bits per heavy atom. The second-order valence-corrected chi connectivity index (χ2v) is 3.10. The molecule has 1 amide bonds. The minimum absolute atomic E-state index is 0.284. The Labute approximate surface area is 80.9 Å². The Morgan fingerprint density at radius 1 is 1.57 bits per heavy atom. The van der Waals surface area contributed by atoms with E-state index >= 15 is 0 Å². The molecule has 80 valence electrons. The molecule has 2 atom stereocenters. The van der Waals surface area contributed by atoms with E-state index in [1.807, 2.05) is 0 Å².